The number of likely N-dealkylation sites (tertiary alicyclic amines) is 1. The van der Waals surface area contributed by atoms with Gasteiger partial charge in [-0.15, -0.1) is 0 Å². The molecule has 116 valence electrons. The van der Waals surface area contributed by atoms with E-state index in [1.54, 1.807) is 25.7 Å². The number of aryl methyl sites for hydroxylation is 1. The first-order valence-corrected chi connectivity index (χ1v) is 6.90. The average molecular weight is 296 g/mol. The Bertz CT molecular complexity index is 569. The van der Waals surface area contributed by atoms with Gasteiger partial charge in [0.25, 0.3) is 0 Å². The van der Waals surface area contributed by atoms with Crippen molar-refractivity contribution in [2.24, 2.45) is 0 Å². The molecular weight excluding hydrogens is 276 g/mol. The number of hydrogen-bond donors (Lipinski definition) is 1. The highest BCUT2D eigenvalue weighted by Gasteiger charge is 2.30. The standard InChI is InChI=1S/C13H20N4O4/c1-9-12(17(20)21)10(2)16(14-9)8-11(18)15-6-4-13(3,19)5-7-15/h19H,4-8H2,1-3H3. The third-order valence-corrected chi connectivity index (χ3v) is 4.00. The number of nitrogens with zero attached hydrogens (tertiary/aromatic N) is 4. The Morgan fingerprint density at radius 2 is 2.00 bits per heavy atom. The molecule has 1 aromatic heterocycles. The summed E-state index contributed by atoms with van der Waals surface area (Å²) in [4.78, 5) is 24.4. The van der Waals surface area contributed by atoms with Gasteiger partial charge in [-0.1, -0.05) is 0 Å². The molecule has 0 unspecified atom stereocenters. The zero-order valence-corrected chi connectivity index (χ0v) is 12.5. The highest BCUT2D eigenvalue weighted by Crippen LogP contribution is 2.23. The van der Waals surface area contributed by atoms with E-state index in [2.05, 4.69) is 5.10 Å². The molecule has 0 atom stereocenters. The quantitative estimate of drug-likeness (QED) is 0.656. The lowest BCUT2D eigenvalue weighted by atomic mass is 9.94. The highest BCUT2D eigenvalue weighted by atomic mass is 16.6. The van der Waals surface area contributed by atoms with Gasteiger partial charge in [0.15, 0.2) is 0 Å². The Kier molecular flexibility index (Phi) is 3.99. The molecule has 1 aliphatic heterocycles. The average Bonchev–Trinajstić information content (AvgIpc) is 2.64. The lowest BCUT2D eigenvalue weighted by molar-refractivity contribution is -0.386. The van der Waals surface area contributed by atoms with Gasteiger partial charge in [0.05, 0.1) is 10.5 Å². The molecule has 1 aliphatic rings. The van der Waals surface area contributed by atoms with E-state index in [0.717, 1.165) is 0 Å². The van der Waals surface area contributed by atoms with Crippen molar-refractivity contribution >= 4 is 11.6 Å². The molecule has 21 heavy (non-hydrogen) atoms. The van der Waals surface area contributed by atoms with Crippen molar-refractivity contribution in [2.45, 2.75) is 45.8 Å². The fourth-order valence-corrected chi connectivity index (χ4v) is 2.57. The summed E-state index contributed by atoms with van der Waals surface area (Å²) in [6, 6.07) is 0. The predicted octanol–water partition coefficient (Wildman–Crippen LogP) is 0.782. The number of piperidine rings is 1. The maximum atomic E-state index is 12.2. The van der Waals surface area contributed by atoms with Crippen molar-refractivity contribution in [3.8, 4) is 0 Å². The first-order chi connectivity index (χ1) is 9.71. The van der Waals surface area contributed by atoms with Crippen LogP contribution in [0.1, 0.15) is 31.2 Å². The Balaban J connectivity index is 2.07. The number of aliphatic hydroxyl groups is 1. The minimum atomic E-state index is -0.715. The maximum Gasteiger partial charge on any atom is 0.312 e. The number of carbonyl (C=O) groups excluding carboxylic acids is 1. The number of amides is 1. The van der Waals surface area contributed by atoms with Crippen LogP contribution in [-0.4, -0.2) is 49.3 Å². The number of carbonyl (C=O) groups is 1. The van der Waals surface area contributed by atoms with Crippen molar-refractivity contribution in [3.63, 3.8) is 0 Å². The minimum absolute atomic E-state index is 0.0113. The second kappa shape index (κ2) is 5.44. The van der Waals surface area contributed by atoms with Crippen LogP contribution in [-0.2, 0) is 11.3 Å². The highest BCUT2D eigenvalue weighted by molar-refractivity contribution is 5.76. The monoisotopic (exact) mass is 296 g/mol. The molecule has 1 amide bonds. The number of nitro groups is 1. The molecule has 2 heterocycles. The SMILES string of the molecule is Cc1nn(CC(=O)N2CCC(C)(O)CC2)c(C)c1[N+](=O)[O-]. The van der Waals surface area contributed by atoms with Crippen LogP contribution >= 0.6 is 0 Å². The Hall–Kier alpha value is -1.96. The van der Waals surface area contributed by atoms with Crippen LogP contribution in [0, 0.1) is 24.0 Å². The van der Waals surface area contributed by atoms with Crippen LogP contribution in [0.3, 0.4) is 0 Å². The van der Waals surface area contributed by atoms with Gasteiger partial charge in [0, 0.05) is 13.1 Å². The minimum Gasteiger partial charge on any atom is -0.390 e. The zero-order valence-electron chi connectivity index (χ0n) is 12.5. The zero-order chi connectivity index (χ0) is 15.8. The van der Waals surface area contributed by atoms with Crippen molar-refractivity contribution < 1.29 is 14.8 Å². The summed E-state index contributed by atoms with van der Waals surface area (Å²) in [7, 11) is 0. The third kappa shape index (κ3) is 3.21. The Labute approximate surface area is 122 Å². The summed E-state index contributed by atoms with van der Waals surface area (Å²) >= 11 is 0. The largest absolute Gasteiger partial charge is 0.390 e. The van der Waals surface area contributed by atoms with Gasteiger partial charge in [-0.25, -0.2) is 0 Å². The van der Waals surface area contributed by atoms with Gasteiger partial charge in [-0.05, 0) is 33.6 Å². The van der Waals surface area contributed by atoms with Crippen LogP contribution in [0.4, 0.5) is 5.69 Å². The van der Waals surface area contributed by atoms with Crippen molar-refractivity contribution in [2.75, 3.05) is 13.1 Å². The molecule has 1 aromatic rings. The topological polar surface area (TPSA) is 102 Å². The first-order valence-electron chi connectivity index (χ1n) is 6.90. The molecular formula is C13H20N4O4. The van der Waals surface area contributed by atoms with Crippen LogP contribution in [0.15, 0.2) is 0 Å². The Morgan fingerprint density at radius 3 is 2.48 bits per heavy atom. The number of aromatic nitrogens is 2. The molecule has 1 fully saturated rings. The van der Waals surface area contributed by atoms with E-state index in [0.29, 0.717) is 37.3 Å². The molecule has 0 aromatic carbocycles. The smallest absolute Gasteiger partial charge is 0.312 e. The number of hydrogen-bond acceptors (Lipinski definition) is 5. The summed E-state index contributed by atoms with van der Waals surface area (Å²) in [5.74, 6) is -0.133. The molecule has 0 spiro atoms. The first kappa shape index (κ1) is 15.4. The third-order valence-electron chi connectivity index (χ3n) is 4.00. The van der Waals surface area contributed by atoms with Crippen LogP contribution in [0.25, 0.3) is 0 Å². The number of rotatable bonds is 3. The molecule has 0 radical (unpaired) electrons. The van der Waals surface area contributed by atoms with E-state index in [1.165, 1.54) is 4.68 Å². The molecule has 1 saturated heterocycles. The summed E-state index contributed by atoms with van der Waals surface area (Å²) in [6.07, 6.45) is 1.08. The van der Waals surface area contributed by atoms with Crippen molar-refractivity contribution in [3.05, 3.63) is 21.5 Å². The van der Waals surface area contributed by atoms with E-state index >= 15 is 0 Å². The van der Waals surface area contributed by atoms with Gasteiger partial charge in [0.2, 0.25) is 5.91 Å². The second-order valence-electron chi connectivity index (χ2n) is 5.81. The van der Waals surface area contributed by atoms with Crippen LogP contribution < -0.4 is 0 Å². The van der Waals surface area contributed by atoms with E-state index in [4.69, 9.17) is 0 Å². The molecule has 0 saturated carbocycles. The van der Waals surface area contributed by atoms with Gasteiger partial charge in [-0.3, -0.25) is 19.6 Å². The van der Waals surface area contributed by atoms with Gasteiger partial charge < -0.3 is 10.0 Å². The van der Waals surface area contributed by atoms with Crippen LogP contribution in [0.2, 0.25) is 0 Å². The van der Waals surface area contributed by atoms with Crippen LogP contribution in [0.5, 0.6) is 0 Å². The van der Waals surface area contributed by atoms with Gasteiger partial charge in [-0.2, -0.15) is 5.10 Å². The van der Waals surface area contributed by atoms with Gasteiger partial charge >= 0.3 is 5.69 Å². The fraction of sp³-hybridized carbons (Fsp3) is 0.692. The summed E-state index contributed by atoms with van der Waals surface area (Å²) in [6.45, 7) is 5.89. The fourth-order valence-electron chi connectivity index (χ4n) is 2.57. The molecule has 0 aliphatic carbocycles. The summed E-state index contributed by atoms with van der Waals surface area (Å²) in [5, 5.41) is 24.9. The maximum absolute atomic E-state index is 12.2. The van der Waals surface area contributed by atoms with E-state index in [9.17, 15) is 20.0 Å². The van der Waals surface area contributed by atoms with E-state index in [1.807, 2.05) is 0 Å². The molecule has 0 bridgehead atoms. The lowest BCUT2D eigenvalue weighted by Gasteiger charge is -2.35. The van der Waals surface area contributed by atoms with Crippen molar-refractivity contribution in [1.82, 2.24) is 14.7 Å². The van der Waals surface area contributed by atoms with Crippen molar-refractivity contribution in [1.29, 1.82) is 0 Å². The molecule has 2 rings (SSSR count). The molecule has 8 heteroatoms. The molecule has 8 nitrogen and oxygen atoms in total. The second-order valence-corrected chi connectivity index (χ2v) is 5.81. The predicted molar refractivity (Wildman–Crippen MR) is 74.8 cm³/mol. The lowest BCUT2D eigenvalue weighted by Crippen LogP contribution is -2.46. The summed E-state index contributed by atoms with van der Waals surface area (Å²) in [5.41, 5.74) is -0.0561. The van der Waals surface area contributed by atoms with E-state index < -0.39 is 10.5 Å². The Morgan fingerprint density at radius 1 is 1.43 bits per heavy atom. The normalized spacial score (nSPS) is 17.8. The summed E-state index contributed by atoms with van der Waals surface area (Å²) < 4.78 is 1.38. The van der Waals surface area contributed by atoms with Gasteiger partial charge in [0.1, 0.15) is 17.9 Å². The molecule has 1 N–H and O–H groups in total. The van der Waals surface area contributed by atoms with E-state index in [-0.39, 0.29) is 18.1 Å².